The Kier molecular flexibility index (Phi) is 3.93. The summed E-state index contributed by atoms with van der Waals surface area (Å²) < 4.78 is 18.8. The molecule has 106 valence electrons. The standard InChI is InChI=1S/C18H14BrFO/c1-21-17-9-8-15(11-16(17)20)18(19)14-7-6-12-4-2-3-5-13(12)10-14/h2-11,18H,1H3. The van der Waals surface area contributed by atoms with Crippen molar-refractivity contribution in [1.29, 1.82) is 0 Å². The molecule has 0 spiro atoms. The fourth-order valence-electron chi connectivity index (χ4n) is 2.40. The molecule has 3 heteroatoms. The zero-order valence-electron chi connectivity index (χ0n) is 11.5. The van der Waals surface area contributed by atoms with Gasteiger partial charge in [-0.05, 0) is 40.1 Å². The molecule has 21 heavy (non-hydrogen) atoms. The minimum atomic E-state index is -0.347. The smallest absolute Gasteiger partial charge is 0.165 e. The van der Waals surface area contributed by atoms with Crippen molar-refractivity contribution in [3.05, 3.63) is 77.6 Å². The summed E-state index contributed by atoms with van der Waals surface area (Å²) in [5.41, 5.74) is 1.96. The monoisotopic (exact) mass is 344 g/mol. The molecule has 0 fully saturated rings. The average molecular weight is 345 g/mol. The highest BCUT2D eigenvalue weighted by Crippen LogP contribution is 2.34. The van der Waals surface area contributed by atoms with Crippen molar-refractivity contribution in [2.24, 2.45) is 0 Å². The van der Waals surface area contributed by atoms with Crippen LogP contribution in [0, 0.1) is 5.82 Å². The molecular weight excluding hydrogens is 331 g/mol. The van der Waals surface area contributed by atoms with E-state index in [2.05, 4.69) is 46.3 Å². The van der Waals surface area contributed by atoms with Gasteiger partial charge in [-0.15, -0.1) is 0 Å². The summed E-state index contributed by atoms with van der Waals surface area (Å²) in [6, 6.07) is 19.5. The fourth-order valence-corrected chi connectivity index (χ4v) is 2.97. The molecule has 3 rings (SSSR count). The third-order valence-electron chi connectivity index (χ3n) is 3.53. The predicted molar refractivity (Wildman–Crippen MR) is 87.7 cm³/mol. The number of fused-ring (bicyclic) bond motifs is 1. The van der Waals surface area contributed by atoms with Gasteiger partial charge >= 0.3 is 0 Å². The number of methoxy groups -OCH3 is 1. The van der Waals surface area contributed by atoms with Gasteiger partial charge in [0.1, 0.15) is 0 Å². The molecule has 0 radical (unpaired) electrons. The van der Waals surface area contributed by atoms with Crippen LogP contribution in [0.2, 0.25) is 0 Å². The number of hydrogen-bond donors (Lipinski definition) is 0. The molecule has 0 amide bonds. The van der Waals surface area contributed by atoms with Crippen LogP contribution < -0.4 is 4.74 Å². The van der Waals surface area contributed by atoms with Gasteiger partial charge < -0.3 is 4.74 Å². The second-order valence-corrected chi connectivity index (χ2v) is 5.78. The Bertz CT molecular complexity index is 785. The highest BCUT2D eigenvalue weighted by molar-refractivity contribution is 9.09. The Morgan fingerprint density at radius 1 is 0.905 bits per heavy atom. The summed E-state index contributed by atoms with van der Waals surface area (Å²) in [6.07, 6.45) is 0. The largest absolute Gasteiger partial charge is 0.494 e. The van der Waals surface area contributed by atoms with Gasteiger partial charge in [0.25, 0.3) is 0 Å². The van der Waals surface area contributed by atoms with E-state index in [-0.39, 0.29) is 16.4 Å². The van der Waals surface area contributed by atoms with E-state index in [0.717, 1.165) is 11.1 Å². The number of alkyl halides is 1. The van der Waals surface area contributed by atoms with Gasteiger partial charge in [0.2, 0.25) is 0 Å². The van der Waals surface area contributed by atoms with Crippen LogP contribution in [0.15, 0.2) is 60.7 Å². The third-order valence-corrected chi connectivity index (χ3v) is 4.59. The maximum absolute atomic E-state index is 13.8. The van der Waals surface area contributed by atoms with Gasteiger partial charge in [0.05, 0.1) is 11.9 Å². The first-order valence-electron chi connectivity index (χ1n) is 6.65. The quantitative estimate of drug-likeness (QED) is 0.572. The maximum atomic E-state index is 13.8. The zero-order valence-corrected chi connectivity index (χ0v) is 13.1. The first-order chi connectivity index (χ1) is 10.2. The Hall–Kier alpha value is -1.87. The lowest BCUT2D eigenvalue weighted by molar-refractivity contribution is 0.386. The zero-order chi connectivity index (χ0) is 14.8. The van der Waals surface area contributed by atoms with Crippen molar-refractivity contribution < 1.29 is 9.13 Å². The number of rotatable bonds is 3. The Labute approximate surface area is 131 Å². The molecule has 1 atom stereocenters. The second-order valence-electron chi connectivity index (χ2n) is 4.86. The molecular formula is C18H14BrFO. The molecule has 3 aromatic rings. The SMILES string of the molecule is COc1ccc(C(Br)c2ccc3ccccc3c2)cc1F. The minimum absolute atomic E-state index is 0.0532. The highest BCUT2D eigenvalue weighted by Gasteiger charge is 2.13. The predicted octanol–water partition coefficient (Wildman–Crippen LogP) is 5.47. The van der Waals surface area contributed by atoms with Crippen molar-refractivity contribution in [3.63, 3.8) is 0 Å². The van der Waals surface area contributed by atoms with Crippen molar-refractivity contribution in [2.45, 2.75) is 4.83 Å². The first kappa shape index (κ1) is 14.1. The first-order valence-corrected chi connectivity index (χ1v) is 7.57. The molecule has 0 N–H and O–H groups in total. The van der Waals surface area contributed by atoms with Crippen LogP contribution in [0.4, 0.5) is 4.39 Å². The van der Waals surface area contributed by atoms with E-state index in [1.807, 2.05) is 18.2 Å². The summed E-state index contributed by atoms with van der Waals surface area (Å²) in [6.45, 7) is 0. The topological polar surface area (TPSA) is 9.23 Å². The van der Waals surface area contributed by atoms with E-state index in [0.29, 0.717) is 0 Å². The summed E-state index contributed by atoms with van der Waals surface area (Å²) >= 11 is 3.65. The molecule has 0 bridgehead atoms. The van der Waals surface area contributed by atoms with Gasteiger partial charge in [-0.1, -0.05) is 58.4 Å². The van der Waals surface area contributed by atoms with Crippen LogP contribution in [0.5, 0.6) is 5.75 Å². The molecule has 0 saturated heterocycles. The van der Waals surface area contributed by atoms with Crippen LogP contribution in [0.25, 0.3) is 10.8 Å². The molecule has 0 aliphatic heterocycles. The summed E-state index contributed by atoms with van der Waals surface area (Å²) in [4.78, 5) is -0.0532. The van der Waals surface area contributed by atoms with E-state index >= 15 is 0 Å². The molecule has 0 saturated carbocycles. The maximum Gasteiger partial charge on any atom is 0.165 e. The fraction of sp³-hybridized carbons (Fsp3) is 0.111. The molecule has 1 unspecified atom stereocenters. The Morgan fingerprint density at radius 3 is 2.29 bits per heavy atom. The van der Waals surface area contributed by atoms with Crippen molar-refractivity contribution >= 4 is 26.7 Å². The lowest BCUT2D eigenvalue weighted by atomic mass is 10.0. The molecule has 0 heterocycles. The molecule has 3 aromatic carbocycles. The highest BCUT2D eigenvalue weighted by atomic mass is 79.9. The van der Waals surface area contributed by atoms with Crippen LogP contribution in [-0.2, 0) is 0 Å². The summed E-state index contributed by atoms with van der Waals surface area (Å²) in [5.74, 6) is -0.0859. The van der Waals surface area contributed by atoms with E-state index < -0.39 is 0 Å². The van der Waals surface area contributed by atoms with Crippen LogP contribution in [0.3, 0.4) is 0 Å². The molecule has 0 aromatic heterocycles. The molecule has 0 aliphatic rings. The summed E-state index contributed by atoms with van der Waals surface area (Å²) in [5, 5.41) is 2.37. The van der Waals surface area contributed by atoms with Crippen molar-refractivity contribution in [3.8, 4) is 5.75 Å². The number of ether oxygens (including phenoxy) is 1. The van der Waals surface area contributed by atoms with Crippen molar-refractivity contribution in [2.75, 3.05) is 7.11 Å². The van der Waals surface area contributed by atoms with Gasteiger partial charge in [0, 0.05) is 0 Å². The molecule has 1 nitrogen and oxygen atoms in total. The average Bonchev–Trinajstić information content (AvgIpc) is 2.53. The van der Waals surface area contributed by atoms with Gasteiger partial charge in [-0.25, -0.2) is 4.39 Å². The number of halogens is 2. The Balaban J connectivity index is 1.99. The van der Waals surface area contributed by atoms with Gasteiger partial charge in [0.15, 0.2) is 11.6 Å². The van der Waals surface area contributed by atoms with Crippen LogP contribution >= 0.6 is 15.9 Å². The second kappa shape index (κ2) is 5.86. The lowest BCUT2D eigenvalue weighted by Gasteiger charge is -2.13. The summed E-state index contributed by atoms with van der Waals surface area (Å²) in [7, 11) is 1.47. The van der Waals surface area contributed by atoms with E-state index in [9.17, 15) is 4.39 Å². The molecule has 0 aliphatic carbocycles. The minimum Gasteiger partial charge on any atom is -0.494 e. The Morgan fingerprint density at radius 2 is 1.57 bits per heavy atom. The van der Waals surface area contributed by atoms with Crippen LogP contribution in [0.1, 0.15) is 16.0 Å². The number of hydrogen-bond acceptors (Lipinski definition) is 1. The van der Waals surface area contributed by atoms with Crippen molar-refractivity contribution in [1.82, 2.24) is 0 Å². The van der Waals surface area contributed by atoms with E-state index in [1.54, 1.807) is 6.07 Å². The lowest BCUT2D eigenvalue weighted by Crippen LogP contribution is -1.95. The normalized spacial score (nSPS) is 12.3. The number of benzene rings is 3. The third kappa shape index (κ3) is 2.79. The van der Waals surface area contributed by atoms with Crippen LogP contribution in [-0.4, -0.2) is 7.11 Å². The van der Waals surface area contributed by atoms with Gasteiger partial charge in [-0.2, -0.15) is 0 Å². The van der Waals surface area contributed by atoms with Gasteiger partial charge in [-0.3, -0.25) is 0 Å². The van der Waals surface area contributed by atoms with E-state index in [4.69, 9.17) is 4.74 Å². The van der Waals surface area contributed by atoms with E-state index in [1.165, 1.54) is 23.9 Å².